The van der Waals surface area contributed by atoms with Gasteiger partial charge in [-0.05, 0) is 37.2 Å². The van der Waals surface area contributed by atoms with Gasteiger partial charge >= 0.3 is 0 Å². The fraction of sp³-hybridized carbons (Fsp3) is 0.294. The smallest absolute Gasteiger partial charge is 0.124 e. The van der Waals surface area contributed by atoms with Gasteiger partial charge in [0, 0.05) is 11.6 Å². The van der Waals surface area contributed by atoms with Gasteiger partial charge in [0.05, 0.1) is 0 Å². The minimum atomic E-state index is -0.227. The van der Waals surface area contributed by atoms with Gasteiger partial charge in [0.2, 0.25) is 0 Å². The summed E-state index contributed by atoms with van der Waals surface area (Å²) in [5, 5.41) is 3.38. The lowest BCUT2D eigenvalue weighted by atomic mass is 10.1. The van der Waals surface area contributed by atoms with E-state index in [0.717, 1.165) is 23.4 Å². The Hall–Kier alpha value is -1.87. The van der Waals surface area contributed by atoms with Crippen molar-refractivity contribution in [3.63, 3.8) is 0 Å². The summed E-state index contributed by atoms with van der Waals surface area (Å²) in [6.07, 6.45) is 0. The SMILES string of the molecule is CCNC(C)c1ccccc1OCc1ccc(F)cc1. The van der Waals surface area contributed by atoms with Crippen LogP contribution in [0.3, 0.4) is 0 Å². The minimum absolute atomic E-state index is 0.227. The molecule has 0 bridgehead atoms. The van der Waals surface area contributed by atoms with Crippen molar-refractivity contribution in [1.29, 1.82) is 0 Å². The Morgan fingerprint density at radius 2 is 1.80 bits per heavy atom. The number of ether oxygens (including phenoxy) is 1. The van der Waals surface area contributed by atoms with Crippen molar-refractivity contribution in [3.8, 4) is 5.75 Å². The molecule has 0 aromatic heterocycles. The second-order valence-corrected chi connectivity index (χ2v) is 4.73. The predicted octanol–water partition coefficient (Wildman–Crippen LogP) is 4.08. The zero-order valence-corrected chi connectivity index (χ0v) is 11.9. The van der Waals surface area contributed by atoms with Crippen LogP contribution < -0.4 is 10.1 Å². The topological polar surface area (TPSA) is 21.3 Å². The van der Waals surface area contributed by atoms with Crippen LogP contribution in [0.25, 0.3) is 0 Å². The summed E-state index contributed by atoms with van der Waals surface area (Å²) in [6.45, 7) is 5.55. The first kappa shape index (κ1) is 14.5. The molecule has 0 aliphatic heterocycles. The standard InChI is InChI=1S/C17H20FNO/c1-3-19-13(2)16-6-4-5-7-17(16)20-12-14-8-10-15(18)11-9-14/h4-11,13,19H,3,12H2,1-2H3. The Morgan fingerprint density at radius 3 is 2.50 bits per heavy atom. The van der Waals surface area contributed by atoms with Crippen molar-refractivity contribution in [2.24, 2.45) is 0 Å². The molecular formula is C17H20FNO. The average Bonchev–Trinajstić information content (AvgIpc) is 2.47. The number of hydrogen-bond acceptors (Lipinski definition) is 2. The molecule has 0 heterocycles. The highest BCUT2D eigenvalue weighted by molar-refractivity contribution is 5.35. The van der Waals surface area contributed by atoms with Crippen molar-refractivity contribution in [2.45, 2.75) is 26.5 Å². The van der Waals surface area contributed by atoms with Crippen molar-refractivity contribution >= 4 is 0 Å². The van der Waals surface area contributed by atoms with Crippen LogP contribution in [-0.4, -0.2) is 6.54 Å². The van der Waals surface area contributed by atoms with Gasteiger partial charge in [-0.25, -0.2) is 4.39 Å². The first-order chi connectivity index (χ1) is 9.70. The maximum absolute atomic E-state index is 12.9. The fourth-order valence-electron chi connectivity index (χ4n) is 2.13. The van der Waals surface area contributed by atoms with Gasteiger partial charge in [0.1, 0.15) is 18.2 Å². The third kappa shape index (κ3) is 3.81. The van der Waals surface area contributed by atoms with Gasteiger partial charge in [-0.15, -0.1) is 0 Å². The van der Waals surface area contributed by atoms with E-state index in [-0.39, 0.29) is 11.9 Å². The predicted molar refractivity (Wildman–Crippen MR) is 79.3 cm³/mol. The largest absolute Gasteiger partial charge is 0.489 e. The third-order valence-corrected chi connectivity index (χ3v) is 3.20. The maximum Gasteiger partial charge on any atom is 0.124 e. The number of hydrogen-bond donors (Lipinski definition) is 1. The first-order valence-electron chi connectivity index (χ1n) is 6.90. The van der Waals surface area contributed by atoms with E-state index in [1.807, 2.05) is 18.2 Å². The van der Waals surface area contributed by atoms with Crippen molar-refractivity contribution in [2.75, 3.05) is 6.54 Å². The molecule has 0 aliphatic carbocycles. The molecule has 0 spiro atoms. The number of nitrogens with one attached hydrogen (secondary N) is 1. The van der Waals surface area contributed by atoms with Crippen LogP contribution >= 0.6 is 0 Å². The zero-order valence-electron chi connectivity index (χ0n) is 11.9. The van der Waals surface area contributed by atoms with E-state index in [1.54, 1.807) is 12.1 Å². The second kappa shape index (κ2) is 7.06. The highest BCUT2D eigenvalue weighted by Crippen LogP contribution is 2.25. The number of para-hydroxylation sites is 1. The van der Waals surface area contributed by atoms with E-state index in [2.05, 4.69) is 25.2 Å². The summed E-state index contributed by atoms with van der Waals surface area (Å²) < 4.78 is 18.7. The Labute approximate surface area is 119 Å². The molecule has 0 aliphatic rings. The monoisotopic (exact) mass is 273 g/mol. The summed E-state index contributed by atoms with van der Waals surface area (Å²) >= 11 is 0. The lowest BCUT2D eigenvalue weighted by molar-refractivity contribution is 0.299. The van der Waals surface area contributed by atoms with Gasteiger partial charge in [0.25, 0.3) is 0 Å². The summed E-state index contributed by atoms with van der Waals surface area (Å²) in [7, 11) is 0. The second-order valence-electron chi connectivity index (χ2n) is 4.73. The van der Waals surface area contributed by atoms with E-state index in [4.69, 9.17) is 4.74 Å². The van der Waals surface area contributed by atoms with Gasteiger partial charge in [-0.1, -0.05) is 37.3 Å². The molecular weight excluding hydrogens is 253 g/mol. The minimum Gasteiger partial charge on any atom is -0.489 e. The third-order valence-electron chi connectivity index (χ3n) is 3.20. The molecule has 2 aromatic rings. The lowest BCUT2D eigenvalue weighted by Gasteiger charge is -2.17. The van der Waals surface area contributed by atoms with Crippen LogP contribution in [0.15, 0.2) is 48.5 Å². The molecule has 1 unspecified atom stereocenters. The summed E-state index contributed by atoms with van der Waals surface area (Å²) in [4.78, 5) is 0. The first-order valence-corrected chi connectivity index (χ1v) is 6.90. The fourth-order valence-corrected chi connectivity index (χ4v) is 2.13. The van der Waals surface area contributed by atoms with Crippen LogP contribution in [0.5, 0.6) is 5.75 Å². The van der Waals surface area contributed by atoms with Crippen LogP contribution in [0, 0.1) is 5.82 Å². The molecule has 1 atom stereocenters. The molecule has 0 radical (unpaired) electrons. The van der Waals surface area contributed by atoms with Gasteiger partial charge in [-0.3, -0.25) is 0 Å². The zero-order chi connectivity index (χ0) is 14.4. The molecule has 2 rings (SSSR count). The quantitative estimate of drug-likeness (QED) is 0.856. The number of benzene rings is 2. The molecule has 0 saturated heterocycles. The summed E-state index contributed by atoms with van der Waals surface area (Å²) in [5.41, 5.74) is 2.09. The molecule has 2 nitrogen and oxygen atoms in total. The Balaban J connectivity index is 2.07. The highest BCUT2D eigenvalue weighted by atomic mass is 19.1. The van der Waals surface area contributed by atoms with Gasteiger partial charge < -0.3 is 10.1 Å². The molecule has 1 N–H and O–H groups in total. The van der Waals surface area contributed by atoms with Gasteiger partial charge in [-0.2, -0.15) is 0 Å². The molecule has 2 aromatic carbocycles. The van der Waals surface area contributed by atoms with Gasteiger partial charge in [0.15, 0.2) is 0 Å². The molecule has 0 saturated carbocycles. The normalized spacial score (nSPS) is 12.2. The highest BCUT2D eigenvalue weighted by Gasteiger charge is 2.10. The molecule has 0 amide bonds. The Kier molecular flexibility index (Phi) is 5.13. The van der Waals surface area contributed by atoms with Crippen LogP contribution in [-0.2, 0) is 6.61 Å². The van der Waals surface area contributed by atoms with Crippen LogP contribution in [0.4, 0.5) is 4.39 Å². The molecule has 3 heteroatoms. The van der Waals surface area contributed by atoms with E-state index in [9.17, 15) is 4.39 Å². The van der Waals surface area contributed by atoms with Crippen LogP contribution in [0.2, 0.25) is 0 Å². The van der Waals surface area contributed by atoms with E-state index in [1.165, 1.54) is 12.1 Å². The molecule has 0 fully saturated rings. The average molecular weight is 273 g/mol. The Bertz CT molecular complexity index is 539. The summed E-state index contributed by atoms with van der Waals surface area (Å²) in [5.74, 6) is 0.639. The van der Waals surface area contributed by atoms with E-state index >= 15 is 0 Å². The molecule has 106 valence electrons. The van der Waals surface area contributed by atoms with Crippen molar-refractivity contribution in [1.82, 2.24) is 5.32 Å². The van der Waals surface area contributed by atoms with E-state index in [0.29, 0.717) is 6.61 Å². The number of rotatable bonds is 6. The lowest BCUT2D eigenvalue weighted by Crippen LogP contribution is -2.18. The summed E-state index contributed by atoms with van der Waals surface area (Å²) in [6, 6.07) is 14.6. The Morgan fingerprint density at radius 1 is 1.10 bits per heavy atom. The van der Waals surface area contributed by atoms with E-state index < -0.39 is 0 Å². The van der Waals surface area contributed by atoms with Crippen LogP contribution in [0.1, 0.15) is 31.0 Å². The molecule has 20 heavy (non-hydrogen) atoms. The number of halogens is 1. The maximum atomic E-state index is 12.9. The van der Waals surface area contributed by atoms with Crippen molar-refractivity contribution < 1.29 is 9.13 Å². The van der Waals surface area contributed by atoms with Crippen molar-refractivity contribution in [3.05, 3.63) is 65.5 Å².